The largest absolute Gasteiger partial charge is 0.448 e. The van der Waals surface area contributed by atoms with Gasteiger partial charge in [-0.1, -0.05) is 34.4 Å². The molecule has 2 N–H and O–H groups in total. The lowest BCUT2D eigenvalue weighted by Crippen LogP contribution is -1.87. The van der Waals surface area contributed by atoms with Crippen LogP contribution in [0.5, 0.6) is 0 Å². The maximum absolute atomic E-state index is 6.03. The van der Waals surface area contributed by atoms with Crippen molar-refractivity contribution >= 4 is 45.0 Å². The van der Waals surface area contributed by atoms with Gasteiger partial charge >= 0.3 is 0 Å². The van der Waals surface area contributed by atoms with E-state index in [9.17, 15) is 0 Å². The normalized spacial score (nSPS) is 10.9. The summed E-state index contributed by atoms with van der Waals surface area (Å²) in [6, 6.07) is 8.71. The molecule has 0 fully saturated rings. The van der Waals surface area contributed by atoms with Gasteiger partial charge in [-0.05, 0) is 45.8 Å². The van der Waals surface area contributed by atoms with Gasteiger partial charge in [-0.15, -0.1) is 0 Å². The fourth-order valence-electron chi connectivity index (χ4n) is 1.84. The lowest BCUT2D eigenvalue weighted by Gasteiger charge is -2.03. The first-order valence-corrected chi connectivity index (χ1v) is 7.07. The van der Waals surface area contributed by atoms with Crippen molar-refractivity contribution in [2.24, 2.45) is 0 Å². The van der Waals surface area contributed by atoms with Gasteiger partial charge in [-0.3, -0.25) is 0 Å². The van der Waals surface area contributed by atoms with Crippen molar-refractivity contribution in [1.29, 1.82) is 0 Å². The first-order chi connectivity index (χ1) is 9.56. The van der Waals surface area contributed by atoms with Crippen LogP contribution < -0.4 is 5.73 Å². The monoisotopic (exact) mass is 372 g/mol. The summed E-state index contributed by atoms with van der Waals surface area (Å²) in [6.07, 6.45) is 0. The van der Waals surface area contributed by atoms with Crippen LogP contribution in [0.4, 0.5) is 5.88 Å². The summed E-state index contributed by atoms with van der Waals surface area (Å²) < 4.78 is 11.1. The third-order valence-electron chi connectivity index (χ3n) is 2.73. The Morgan fingerprint density at radius 3 is 2.55 bits per heavy atom. The number of aromatic nitrogens is 1. The number of anilines is 1. The zero-order chi connectivity index (χ0) is 14.3. The first kappa shape index (κ1) is 13.5. The van der Waals surface area contributed by atoms with Crippen LogP contribution in [0.3, 0.4) is 0 Å². The predicted octanol–water partition coefficient (Wildman–Crippen LogP) is 5.25. The Kier molecular flexibility index (Phi) is 3.50. The standard InChI is InChI=1S/C13H7BrCl2N2O2/c14-10-4-3-9(19-10)12-11(13(17)20-18-12)6-1-2-7(15)8(16)5-6/h1-5H,17H2. The van der Waals surface area contributed by atoms with E-state index in [-0.39, 0.29) is 5.88 Å². The minimum absolute atomic E-state index is 0.186. The summed E-state index contributed by atoms with van der Waals surface area (Å²) in [5.74, 6) is 0.726. The van der Waals surface area contributed by atoms with Gasteiger partial charge in [0, 0.05) is 0 Å². The number of hydrogen-bond acceptors (Lipinski definition) is 4. The van der Waals surface area contributed by atoms with Crippen LogP contribution >= 0.6 is 39.1 Å². The molecule has 0 unspecified atom stereocenters. The van der Waals surface area contributed by atoms with E-state index in [1.807, 2.05) is 0 Å². The topological polar surface area (TPSA) is 65.2 Å². The Bertz CT molecular complexity index is 783. The Labute approximate surface area is 132 Å². The molecular weight excluding hydrogens is 367 g/mol. The van der Waals surface area contributed by atoms with Crippen LogP contribution in [0.15, 0.2) is 43.9 Å². The van der Waals surface area contributed by atoms with E-state index in [4.69, 9.17) is 37.9 Å². The van der Waals surface area contributed by atoms with Gasteiger partial charge in [0.15, 0.2) is 16.1 Å². The molecule has 0 aliphatic heterocycles. The fourth-order valence-corrected chi connectivity index (χ4v) is 2.45. The van der Waals surface area contributed by atoms with E-state index in [1.165, 1.54) is 0 Å². The van der Waals surface area contributed by atoms with Gasteiger partial charge in [0.2, 0.25) is 5.88 Å². The number of nitrogens with zero attached hydrogens (tertiary/aromatic N) is 1. The van der Waals surface area contributed by atoms with Gasteiger partial charge in [0.05, 0.1) is 15.6 Å². The molecular formula is C13H7BrCl2N2O2. The van der Waals surface area contributed by atoms with Crippen LogP contribution in [0.1, 0.15) is 0 Å². The summed E-state index contributed by atoms with van der Waals surface area (Å²) in [4.78, 5) is 0. The number of halogens is 3. The van der Waals surface area contributed by atoms with Crippen molar-refractivity contribution in [3.05, 3.63) is 45.0 Å². The number of benzene rings is 1. The highest BCUT2D eigenvalue weighted by atomic mass is 79.9. The van der Waals surface area contributed by atoms with Gasteiger partial charge in [0.1, 0.15) is 0 Å². The second-order valence-corrected chi connectivity index (χ2v) is 5.60. The predicted molar refractivity (Wildman–Crippen MR) is 81.8 cm³/mol. The molecule has 102 valence electrons. The number of furan rings is 1. The maximum atomic E-state index is 6.03. The molecule has 4 nitrogen and oxygen atoms in total. The maximum Gasteiger partial charge on any atom is 0.230 e. The average Bonchev–Trinajstić information content (AvgIpc) is 2.99. The van der Waals surface area contributed by atoms with Crippen molar-refractivity contribution in [2.75, 3.05) is 5.73 Å². The first-order valence-electron chi connectivity index (χ1n) is 5.52. The Balaban J connectivity index is 2.18. The van der Waals surface area contributed by atoms with Crippen molar-refractivity contribution in [3.63, 3.8) is 0 Å². The van der Waals surface area contributed by atoms with E-state index in [1.54, 1.807) is 30.3 Å². The number of rotatable bonds is 2. The van der Waals surface area contributed by atoms with Gasteiger partial charge < -0.3 is 14.7 Å². The minimum atomic E-state index is 0.186. The summed E-state index contributed by atoms with van der Waals surface area (Å²) in [5.41, 5.74) is 7.72. The Morgan fingerprint density at radius 2 is 1.90 bits per heavy atom. The van der Waals surface area contributed by atoms with Crippen LogP contribution in [0, 0.1) is 0 Å². The lowest BCUT2D eigenvalue weighted by molar-refractivity contribution is 0.435. The Morgan fingerprint density at radius 1 is 1.10 bits per heavy atom. The SMILES string of the molecule is Nc1onc(-c2ccc(Br)o2)c1-c1ccc(Cl)c(Cl)c1. The van der Waals surface area contributed by atoms with Crippen molar-refractivity contribution in [3.8, 4) is 22.6 Å². The average molecular weight is 374 g/mol. The van der Waals surface area contributed by atoms with E-state index >= 15 is 0 Å². The molecule has 0 radical (unpaired) electrons. The second kappa shape index (κ2) is 5.16. The summed E-state index contributed by atoms with van der Waals surface area (Å²) in [5, 5.41) is 4.83. The van der Waals surface area contributed by atoms with Crippen LogP contribution in [-0.2, 0) is 0 Å². The highest BCUT2D eigenvalue weighted by molar-refractivity contribution is 9.10. The third-order valence-corrected chi connectivity index (χ3v) is 3.90. The number of hydrogen-bond donors (Lipinski definition) is 1. The zero-order valence-electron chi connectivity index (χ0n) is 9.86. The van der Waals surface area contributed by atoms with Crippen LogP contribution in [-0.4, -0.2) is 5.16 Å². The summed E-state index contributed by atoms with van der Waals surface area (Å²) >= 11 is 15.2. The van der Waals surface area contributed by atoms with Crippen LogP contribution in [0.25, 0.3) is 22.6 Å². The number of nitrogens with two attached hydrogens (primary N) is 1. The summed E-state index contributed by atoms with van der Waals surface area (Å²) in [6.45, 7) is 0. The molecule has 2 heterocycles. The number of nitrogen functional groups attached to an aromatic ring is 1. The smallest absolute Gasteiger partial charge is 0.230 e. The molecule has 3 aromatic rings. The second-order valence-electron chi connectivity index (χ2n) is 4.00. The Hall–Kier alpha value is -1.43. The molecule has 0 aliphatic carbocycles. The lowest BCUT2D eigenvalue weighted by atomic mass is 10.0. The van der Waals surface area contributed by atoms with E-state index in [0.29, 0.717) is 31.7 Å². The molecule has 7 heteroatoms. The molecule has 20 heavy (non-hydrogen) atoms. The van der Waals surface area contributed by atoms with Crippen molar-refractivity contribution in [1.82, 2.24) is 5.16 Å². The van der Waals surface area contributed by atoms with Crippen molar-refractivity contribution in [2.45, 2.75) is 0 Å². The minimum Gasteiger partial charge on any atom is -0.448 e. The van der Waals surface area contributed by atoms with Gasteiger partial charge in [-0.2, -0.15) is 0 Å². The van der Waals surface area contributed by atoms with Gasteiger partial charge in [0.25, 0.3) is 0 Å². The van der Waals surface area contributed by atoms with E-state index in [0.717, 1.165) is 5.56 Å². The quantitative estimate of drug-likeness (QED) is 0.665. The molecule has 0 amide bonds. The highest BCUT2D eigenvalue weighted by Gasteiger charge is 2.20. The fraction of sp³-hybridized carbons (Fsp3) is 0. The molecule has 0 spiro atoms. The van der Waals surface area contributed by atoms with E-state index < -0.39 is 0 Å². The zero-order valence-corrected chi connectivity index (χ0v) is 13.0. The van der Waals surface area contributed by atoms with Gasteiger partial charge in [-0.25, -0.2) is 0 Å². The van der Waals surface area contributed by atoms with Crippen LogP contribution in [0.2, 0.25) is 10.0 Å². The van der Waals surface area contributed by atoms with E-state index in [2.05, 4.69) is 21.1 Å². The molecule has 1 aromatic carbocycles. The molecule has 2 aromatic heterocycles. The third kappa shape index (κ3) is 2.32. The van der Waals surface area contributed by atoms with Crippen molar-refractivity contribution < 1.29 is 8.94 Å². The summed E-state index contributed by atoms with van der Waals surface area (Å²) in [7, 11) is 0. The molecule has 0 saturated heterocycles. The highest BCUT2D eigenvalue weighted by Crippen LogP contribution is 2.39. The molecule has 0 atom stereocenters. The molecule has 0 aliphatic rings. The molecule has 0 bridgehead atoms. The molecule has 0 saturated carbocycles. The molecule has 3 rings (SSSR count).